The van der Waals surface area contributed by atoms with Crippen LogP contribution in [0.25, 0.3) is 11.4 Å². The third kappa shape index (κ3) is 2.74. The molecule has 0 aliphatic rings. The van der Waals surface area contributed by atoms with Crippen molar-refractivity contribution in [2.45, 2.75) is 6.42 Å². The third-order valence-electron chi connectivity index (χ3n) is 2.51. The van der Waals surface area contributed by atoms with E-state index >= 15 is 0 Å². The number of hydrogen-bond donors (Lipinski definition) is 0. The number of aromatic nitrogens is 6. The zero-order valence-corrected chi connectivity index (χ0v) is 10.0. The third-order valence-corrected chi connectivity index (χ3v) is 2.51. The van der Waals surface area contributed by atoms with Crippen LogP contribution in [0.2, 0.25) is 0 Å². The lowest BCUT2D eigenvalue weighted by Gasteiger charge is -2.02. The van der Waals surface area contributed by atoms with Crippen LogP contribution in [-0.4, -0.2) is 29.9 Å². The molecule has 0 amide bonds. The summed E-state index contributed by atoms with van der Waals surface area (Å²) < 4.78 is 0. The highest BCUT2D eigenvalue weighted by Gasteiger charge is 2.04. The largest absolute Gasteiger partial charge is 0.261 e. The summed E-state index contributed by atoms with van der Waals surface area (Å²) in [7, 11) is 0. The van der Waals surface area contributed by atoms with E-state index in [4.69, 9.17) is 0 Å². The Morgan fingerprint density at radius 3 is 2.58 bits per heavy atom. The molecule has 3 aromatic heterocycles. The minimum Gasteiger partial charge on any atom is -0.261 e. The summed E-state index contributed by atoms with van der Waals surface area (Å²) in [5, 5.41) is 0. The molecule has 0 aliphatic heterocycles. The van der Waals surface area contributed by atoms with Crippen LogP contribution in [0.15, 0.2) is 49.4 Å². The quantitative estimate of drug-likeness (QED) is 0.697. The molecular weight excluding hydrogens is 240 g/mol. The van der Waals surface area contributed by atoms with Crippen molar-refractivity contribution in [3.05, 3.63) is 61.0 Å². The molecule has 3 rings (SSSR count). The van der Waals surface area contributed by atoms with Crippen molar-refractivity contribution in [3.63, 3.8) is 0 Å². The molecule has 19 heavy (non-hydrogen) atoms. The van der Waals surface area contributed by atoms with E-state index in [2.05, 4.69) is 29.9 Å². The van der Waals surface area contributed by atoms with Gasteiger partial charge < -0.3 is 0 Å². The smallest absolute Gasteiger partial charge is 0.134 e. The summed E-state index contributed by atoms with van der Waals surface area (Å²) in [5.41, 5.74) is 2.37. The SMILES string of the molecule is c1cc(Cc2nccc(-c3cnccn3)n2)ncn1. The van der Waals surface area contributed by atoms with Gasteiger partial charge in [0.25, 0.3) is 0 Å². The Labute approximate surface area is 109 Å². The first-order chi connectivity index (χ1) is 9.42. The van der Waals surface area contributed by atoms with Gasteiger partial charge in [-0.05, 0) is 12.1 Å². The van der Waals surface area contributed by atoms with E-state index in [1.165, 1.54) is 6.33 Å². The number of rotatable bonds is 3. The molecule has 0 unspecified atom stereocenters. The zero-order valence-electron chi connectivity index (χ0n) is 10.0. The summed E-state index contributed by atoms with van der Waals surface area (Å²) in [5.74, 6) is 0.696. The van der Waals surface area contributed by atoms with Crippen LogP contribution in [0.4, 0.5) is 0 Å². The fraction of sp³-hybridized carbons (Fsp3) is 0.0769. The Hall–Kier alpha value is -2.76. The van der Waals surface area contributed by atoms with Crippen molar-refractivity contribution in [3.8, 4) is 11.4 Å². The summed E-state index contributed by atoms with van der Waals surface area (Å²) in [6.45, 7) is 0. The molecule has 0 fully saturated rings. The van der Waals surface area contributed by atoms with Gasteiger partial charge in [0.15, 0.2) is 0 Å². The van der Waals surface area contributed by atoms with Gasteiger partial charge >= 0.3 is 0 Å². The Kier molecular flexibility index (Phi) is 3.14. The second-order valence-corrected chi connectivity index (χ2v) is 3.83. The molecular formula is C13H10N6. The molecule has 0 aromatic carbocycles. The van der Waals surface area contributed by atoms with Crippen LogP contribution in [0.1, 0.15) is 11.5 Å². The predicted octanol–water partition coefficient (Wildman–Crippen LogP) is 1.31. The molecule has 0 bridgehead atoms. The normalized spacial score (nSPS) is 10.3. The second kappa shape index (κ2) is 5.26. The monoisotopic (exact) mass is 250 g/mol. The van der Waals surface area contributed by atoms with E-state index in [0.717, 1.165) is 17.1 Å². The topological polar surface area (TPSA) is 77.3 Å². The van der Waals surface area contributed by atoms with E-state index in [0.29, 0.717) is 12.2 Å². The van der Waals surface area contributed by atoms with Gasteiger partial charge in [0, 0.05) is 24.8 Å². The fourth-order valence-electron chi connectivity index (χ4n) is 1.64. The Morgan fingerprint density at radius 2 is 1.79 bits per heavy atom. The van der Waals surface area contributed by atoms with Gasteiger partial charge in [-0.3, -0.25) is 9.97 Å². The highest BCUT2D eigenvalue weighted by atomic mass is 14.9. The average Bonchev–Trinajstić information content (AvgIpc) is 2.49. The minimum absolute atomic E-state index is 0.566. The van der Waals surface area contributed by atoms with E-state index < -0.39 is 0 Å². The molecule has 0 N–H and O–H groups in total. The molecule has 0 radical (unpaired) electrons. The maximum atomic E-state index is 4.46. The lowest BCUT2D eigenvalue weighted by molar-refractivity contribution is 0.924. The second-order valence-electron chi connectivity index (χ2n) is 3.83. The first kappa shape index (κ1) is 11.3. The van der Waals surface area contributed by atoms with Crippen LogP contribution in [-0.2, 0) is 6.42 Å². The van der Waals surface area contributed by atoms with Gasteiger partial charge in [0.1, 0.15) is 17.8 Å². The van der Waals surface area contributed by atoms with Crippen molar-refractivity contribution in [2.24, 2.45) is 0 Å². The molecule has 0 saturated carbocycles. The van der Waals surface area contributed by atoms with Gasteiger partial charge in [-0.2, -0.15) is 0 Å². The van der Waals surface area contributed by atoms with Crippen molar-refractivity contribution < 1.29 is 0 Å². The van der Waals surface area contributed by atoms with Crippen LogP contribution in [0.5, 0.6) is 0 Å². The average molecular weight is 250 g/mol. The summed E-state index contributed by atoms with van der Waals surface area (Å²) in [6, 6.07) is 3.66. The summed E-state index contributed by atoms with van der Waals surface area (Å²) in [4.78, 5) is 25.0. The maximum absolute atomic E-state index is 4.46. The summed E-state index contributed by atoms with van der Waals surface area (Å²) >= 11 is 0. The van der Waals surface area contributed by atoms with E-state index in [9.17, 15) is 0 Å². The molecule has 0 saturated heterocycles. The van der Waals surface area contributed by atoms with E-state index in [1.54, 1.807) is 31.0 Å². The van der Waals surface area contributed by atoms with Crippen molar-refractivity contribution >= 4 is 0 Å². The van der Waals surface area contributed by atoms with Gasteiger partial charge in [0.2, 0.25) is 0 Å². The van der Waals surface area contributed by atoms with Crippen molar-refractivity contribution in [2.75, 3.05) is 0 Å². The van der Waals surface area contributed by atoms with Gasteiger partial charge in [-0.1, -0.05) is 0 Å². The maximum Gasteiger partial charge on any atom is 0.134 e. The number of hydrogen-bond acceptors (Lipinski definition) is 6. The number of nitrogens with zero attached hydrogens (tertiary/aromatic N) is 6. The molecule has 6 nitrogen and oxygen atoms in total. The highest BCUT2D eigenvalue weighted by molar-refractivity contribution is 5.51. The molecule has 6 heteroatoms. The first-order valence-electron chi connectivity index (χ1n) is 5.75. The molecule has 0 aliphatic carbocycles. The van der Waals surface area contributed by atoms with Crippen molar-refractivity contribution in [1.29, 1.82) is 0 Å². The van der Waals surface area contributed by atoms with Crippen molar-refractivity contribution in [1.82, 2.24) is 29.9 Å². The minimum atomic E-state index is 0.566. The molecule has 0 spiro atoms. The predicted molar refractivity (Wildman–Crippen MR) is 67.9 cm³/mol. The van der Waals surface area contributed by atoms with Gasteiger partial charge in [-0.25, -0.2) is 19.9 Å². The van der Waals surface area contributed by atoms with Gasteiger partial charge in [-0.15, -0.1) is 0 Å². The highest BCUT2D eigenvalue weighted by Crippen LogP contribution is 2.12. The molecule has 0 atom stereocenters. The van der Waals surface area contributed by atoms with Crippen LogP contribution < -0.4 is 0 Å². The first-order valence-corrected chi connectivity index (χ1v) is 5.75. The molecule has 92 valence electrons. The Morgan fingerprint density at radius 1 is 0.789 bits per heavy atom. The lowest BCUT2D eigenvalue weighted by atomic mass is 10.2. The zero-order chi connectivity index (χ0) is 12.9. The fourth-order valence-corrected chi connectivity index (χ4v) is 1.64. The van der Waals surface area contributed by atoms with E-state index in [1.807, 2.05) is 12.1 Å². The Bertz CT molecular complexity index is 656. The molecule has 3 aromatic rings. The molecule has 3 heterocycles. The van der Waals surface area contributed by atoms with Crippen LogP contribution in [0.3, 0.4) is 0 Å². The van der Waals surface area contributed by atoms with Crippen LogP contribution in [0, 0.1) is 0 Å². The lowest BCUT2D eigenvalue weighted by Crippen LogP contribution is -2.00. The standard InChI is InChI=1S/C13H10N6/c1-3-15-9-18-10(1)7-13-17-4-2-11(19-13)12-8-14-5-6-16-12/h1-6,8-9H,7H2. The van der Waals surface area contributed by atoms with E-state index in [-0.39, 0.29) is 0 Å². The summed E-state index contributed by atoms with van der Waals surface area (Å²) in [6.07, 6.45) is 10.5. The Balaban J connectivity index is 1.89. The van der Waals surface area contributed by atoms with Gasteiger partial charge in [0.05, 0.1) is 24.0 Å². The van der Waals surface area contributed by atoms with Crippen LogP contribution >= 0.6 is 0 Å².